The Labute approximate surface area is 70.7 Å². The molecule has 0 unspecified atom stereocenters. The number of amides is 1. The van der Waals surface area contributed by atoms with Gasteiger partial charge < -0.3 is 4.42 Å². The predicted molar refractivity (Wildman–Crippen MR) is 42.5 cm³/mol. The van der Waals surface area contributed by atoms with Gasteiger partial charge in [-0.25, -0.2) is 5.06 Å². The Morgan fingerprint density at radius 1 is 1.58 bits per heavy atom. The summed E-state index contributed by atoms with van der Waals surface area (Å²) in [6.07, 6.45) is 0. The molecule has 4 nitrogen and oxygen atoms in total. The van der Waals surface area contributed by atoms with Crippen molar-refractivity contribution in [2.75, 3.05) is 14.2 Å². The Morgan fingerprint density at radius 3 is 2.67 bits per heavy atom. The third-order valence-corrected chi connectivity index (χ3v) is 1.51. The van der Waals surface area contributed by atoms with Crippen molar-refractivity contribution in [1.82, 2.24) is 5.06 Å². The molecule has 1 amide bonds. The molecule has 0 aliphatic carbocycles. The van der Waals surface area contributed by atoms with Gasteiger partial charge in [0.2, 0.25) is 0 Å². The molecule has 12 heavy (non-hydrogen) atoms. The van der Waals surface area contributed by atoms with Crippen LogP contribution in [0.15, 0.2) is 16.5 Å². The summed E-state index contributed by atoms with van der Waals surface area (Å²) in [7, 11) is 2.95. The summed E-state index contributed by atoms with van der Waals surface area (Å²) in [5, 5.41) is 1.11. The van der Waals surface area contributed by atoms with Gasteiger partial charge in [-0.1, -0.05) is 0 Å². The number of rotatable bonds is 2. The van der Waals surface area contributed by atoms with Gasteiger partial charge >= 0.3 is 5.91 Å². The Kier molecular flexibility index (Phi) is 2.50. The highest BCUT2D eigenvalue weighted by Crippen LogP contribution is 2.08. The van der Waals surface area contributed by atoms with E-state index in [2.05, 4.69) is 0 Å². The number of hydroxylamine groups is 2. The number of hydrogen-bond acceptors (Lipinski definition) is 3. The van der Waals surface area contributed by atoms with Gasteiger partial charge in [-0.05, 0) is 19.1 Å². The molecular formula is C8H11NO3. The molecule has 0 spiro atoms. The zero-order valence-corrected chi connectivity index (χ0v) is 7.33. The van der Waals surface area contributed by atoms with Crippen LogP contribution in [0.4, 0.5) is 0 Å². The molecular weight excluding hydrogens is 158 g/mol. The molecule has 0 N–H and O–H groups in total. The largest absolute Gasteiger partial charge is 0.456 e. The zero-order valence-electron chi connectivity index (χ0n) is 7.33. The number of carbonyl (C=O) groups is 1. The normalized spacial score (nSPS) is 9.92. The van der Waals surface area contributed by atoms with Crippen molar-refractivity contribution >= 4 is 5.91 Å². The average Bonchev–Trinajstić information content (AvgIpc) is 2.49. The van der Waals surface area contributed by atoms with Crippen LogP contribution >= 0.6 is 0 Å². The van der Waals surface area contributed by atoms with E-state index >= 15 is 0 Å². The van der Waals surface area contributed by atoms with E-state index in [9.17, 15) is 4.79 Å². The highest BCUT2D eigenvalue weighted by molar-refractivity contribution is 5.90. The molecule has 0 saturated heterocycles. The van der Waals surface area contributed by atoms with Gasteiger partial charge in [0.1, 0.15) is 5.76 Å². The second kappa shape index (κ2) is 3.40. The Balaban J connectivity index is 2.78. The Morgan fingerprint density at radius 2 is 2.25 bits per heavy atom. The standard InChI is InChI=1S/C8H11NO3/c1-6-4-5-7(12-6)8(10)9(2)11-3/h4-5H,1-3H3. The van der Waals surface area contributed by atoms with E-state index in [0.29, 0.717) is 5.76 Å². The van der Waals surface area contributed by atoms with Crippen LogP contribution in [0.1, 0.15) is 16.3 Å². The number of furan rings is 1. The first-order valence-corrected chi connectivity index (χ1v) is 3.53. The lowest BCUT2D eigenvalue weighted by atomic mass is 10.4. The second-order valence-corrected chi connectivity index (χ2v) is 2.40. The lowest BCUT2D eigenvalue weighted by Gasteiger charge is -2.10. The number of aryl methyl sites for hydroxylation is 1. The first-order chi connectivity index (χ1) is 5.65. The maximum Gasteiger partial charge on any atom is 0.312 e. The summed E-state index contributed by atoms with van der Waals surface area (Å²) in [5.74, 6) is 0.713. The molecule has 66 valence electrons. The summed E-state index contributed by atoms with van der Waals surface area (Å²) < 4.78 is 5.10. The molecule has 0 aliphatic heterocycles. The van der Waals surface area contributed by atoms with Gasteiger partial charge in [0.25, 0.3) is 0 Å². The van der Waals surface area contributed by atoms with E-state index in [-0.39, 0.29) is 11.7 Å². The van der Waals surface area contributed by atoms with Gasteiger partial charge in [-0.15, -0.1) is 0 Å². The highest BCUT2D eigenvalue weighted by atomic mass is 16.7. The second-order valence-electron chi connectivity index (χ2n) is 2.40. The lowest BCUT2D eigenvalue weighted by Crippen LogP contribution is -2.24. The molecule has 1 heterocycles. The van der Waals surface area contributed by atoms with Crippen molar-refractivity contribution in [2.24, 2.45) is 0 Å². The van der Waals surface area contributed by atoms with Crippen LogP contribution in [0.3, 0.4) is 0 Å². The van der Waals surface area contributed by atoms with Crippen molar-refractivity contribution in [1.29, 1.82) is 0 Å². The fourth-order valence-corrected chi connectivity index (χ4v) is 0.788. The molecule has 0 aromatic carbocycles. The molecule has 0 fully saturated rings. The molecule has 1 aromatic rings. The zero-order chi connectivity index (χ0) is 9.14. The highest BCUT2D eigenvalue weighted by Gasteiger charge is 2.14. The van der Waals surface area contributed by atoms with E-state index in [1.54, 1.807) is 19.1 Å². The van der Waals surface area contributed by atoms with E-state index in [0.717, 1.165) is 5.06 Å². The Hall–Kier alpha value is -1.29. The van der Waals surface area contributed by atoms with Crippen LogP contribution in [0, 0.1) is 6.92 Å². The van der Waals surface area contributed by atoms with Crippen LogP contribution in [0.2, 0.25) is 0 Å². The molecule has 0 saturated carbocycles. The third-order valence-electron chi connectivity index (χ3n) is 1.51. The first-order valence-electron chi connectivity index (χ1n) is 3.53. The average molecular weight is 169 g/mol. The molecule has 4 heteroatoms. The molecule has 0 aliphatic rings. The van der Waals surface area contributed by atoms with E-state index in [4.69, 9.17) is 9.25 Å². The first kappa shape index (κ1) is 8.80. The lowest BCUT2D eigenvalue weighted by molar-refractivity contribution is -0.0773. The van der Waals surface area contributed by atoms with Crippen molar-refractivity contribution in [3.05, 3.63) is 23.7 Å². The molecule has 1 aromatic heterocycles. The monoisotopic (exact) mass is 169 g/mol. The Bertz CT molecular complexity index is 280. The van der Waals surface area contributed by atoms with Gasteiger partial charge in [0.05, 0.1) is 7.11 Å². The minimum atomic E-state index is -0.286. The quantitative estimate of drug-likeness (QED) is 0.625. The van der Waals surface area contributed by atoms with Crippen molar-refractivity contribution < 1.29 is 14.0 Å². The van der Waals surface area contributed by atoms with Crippen LogP contribution in [0.5, 0.6) is 0 Å². The summed E-state index contributed by atoms with van der Waals surface area (Å²) >= 11 is 0. The van der Waals surface area contributed by atoms with Gasteiger partial charge in [0.15, 0.2) is 5.76 Å². The summed E-state index contributed by atoms with van der Waals surface area (Å²) in [6, 6.07) is 3.35. The number of nitrogens with zero attached hydrogens (tertiary/aromatic N) is 1. The summed E-state index contributed by atoms with van der Waals surface area (Å²) in [6.45, 7) is 1.78. The SMILES string of the molecule is CON(C)C(=O)c1ccc(C)o1. The maximum atomic E-state index is 11.3. The summed E-state index contributed by atoms with van der Waals surface area (Å²) in [5.41, 5.74) is 0. The van der Waals surface area contributed by atoms with E-state index in [1.807, 2.05) is 0 Å². The van der Waals surface area contributed by atoms with Crippen molar-refractivity contribution in [3.63, 3.8) is 0 Å². The van der Waals surface area contributed by atoms with E-state index < -0.39 is 0 Å². The number of hydrogen-bond donors (Lipinski definition) is 0. The van der Waals surface area contributed by atoms with E-state index in [1.165, 1.54) is 14.2 Å². The minimum Gasteiger partial charge on any atom is -0.456 e. The fourth-order valence-electron chi connectivity index (χ4n) is 0.788. The van der Waals surface area contributed by atoms with Crippen molar-refractivity contribution in [3.8, 4) is 0 Å². The van der Waals surface area contributed by atoms with Crippen molar-refractivity contribution in [2.45, 2.75) is 6.92 Å². The van der Waals surface area contributed by atoms with Gasteiger partial charge in [-0.3, -0.25) is 9.63 Å². The van der Waals surface area contributed by atoms with Crippen LogP contribution in [-0.2, 0) is 4.84 Å². The van der Waals surface area contributed by atoms with Crippen LogP contribution < -0.4 is 0 Å². The molecule has 0 atom stereocenters. The van der Waals surface area contributed by atoms with Gasteiger partial charge in [-0.2, -0.15) is 0 Å². The molecule has 0 radical (unpaired) electrons. The minimum absolute atomic E-state index is 0.286. The topological polar surface area (TPSA) is 42.7 Å². The predicted octanol–water partition coefficient (Wildman–Crippen LogP) is 1.22. The molecule has 1 rings (SSSR count). The smallest absolute Gasteiger partial charge is 0.312 e. The number of carbonyl (C=O) groups excluding carboxylic acids is 1. The third kappa shape index (κ3) is 1.65. The maximum absolute atomic E-state index is 11.3. The summed E-state index contributed by atoms with van der Waals surface area (Å²) in [4.78, 5) is 16.0. The molecule has 0 bridgehead atoms. The fraction of sp³-hybridized carbons (Fsp3) is 0.375. The van der Waals surface area contributed by atoms with Crippen LogP contribution in [0.25, 0.3) is 0 Å². The van der Waals surface area contributed by atoms with Gasteiger partial charge in [0, 0.05) is 7.05 Å². The van der Waals surface area contributed by atoms with Crippen LogP contribution in [-0.4, -0.2) is 25.1 Å².